The average Bonchev–Trinajstić information content (AvgIpc) is 2.71. The van der Waals surface area contributed by atoms with Crippen molar-refractivity contribution < 1.29 is 0 Å². The van der Waals surface area contributed by atoms with Crippen LogP contribution in [0.2, 0.25) is 0 Å². The van der Waals surface area contributed by atoms with Crippen molar-refractivity contribution in [1.29, 1.82) is 0 Å². The summed E-state index contributed by atoms with van der Waals surface area (Å²) in [6, 6.07) is 27.0. The van der Waals surface area contributed by atoms with Crippen molar-refractivity contribution >= 4 is 0 Å². The fourth-order valence-corrected chi connectivity index (χ4v) is 4.81. The Kier molecular flexibility index (Phi) is 6.73. The van der Waals surface area contributed by atoms with Crippen molar-refractivity contribution in [3.8, 4) is 0 Å². The standard InChI is InChI=1S/C28H34/c1-5-6-7-14-21-28(25-18-11-8-15-22(25)2,26-19-12-9-16-23(26)3)27-20-13-10-17-24(27)4/h8-13,15-20H,5-7,14,21H2,1-4H3. The van der Waals surface area contributed by atoms with E-state index >= 15 is 0 Å². The zero-order valence-corrected chi connectivity index (χ0v) is 18.0. The second-order valence-electron chi connectivity index (χ2n) is 8.16. The third-order valence-electron chi connectivity index (χ3n) is 6.22. The first-order valence-electron chi connectivity index (χ1n) is 10.8. The highest BCUT2D eigenvalue weighted by Gasteiger charge is 2.38. The van der Waals surface area contributed by atoms with Crippen LogP contribution in [0.25, 0.3) is 0 Å². The normalized spacial score (nSPS) is 11.6. The van der Waals surface area contributed by atoms with E-state index in [0.717, 1.165) is 6.42 Å². The van der Waals surface area contributed by atoms with Crippen molar-refractivity contribution in [1.82, 2.24) is 0 Å². The molecule has 0 radical (unpaired) electrons. The summed E-state index contributed by atoms with van der Waals surface area (Å²) in [5.74, 6) is 0. The van der Waals surface area contributed by atoms with Gasteiger partial charge in [-0.3, -0.25) is 0 Å². The topological polar surface area (TPSA) is 0 Å². The molecule has 0 heteroatoms. The van der Waals surface area contributed by atoms with Crippen molar-refractivity contribution in [3.05, 3.63) is 106 Å². The number of aryl methyl sites for hydroxylation is 3. The summed E-state index contributed by atoms with van der Waals surface area (Å²) in [7, 11) is 0. The quantitative estimate of drug-likeness (QED) is 0.279. The van der Waals surface area contributed by atoms with E-state index < -0.39 is 0 Å². The summed E-state index contributed by atoms with van der Waals surface area (Å²) in [6.45, 7) is 9.10. The van der Waals surface area contributed by atoms with Crippen LogP contribution >= 0.6 is 0 Å². The predicted molar refractivity (Wildman–Crippen MR) is 122 cm³/mol. The van der Waals surface area contributed by atoms with Crippen LogP contribution in [0, 0.1) is 20.8 Å². The summed E-state index contributed by atoms with van der Waals surface area (Å²) in [4.78, 5) is 0. The van der Waals surface area contributed by atoms with E-state index in [0.29, 0.717) is 0 Å². The molecule has 0 aromatic heterocycles. The highest BCUT2D eigenvalue weighted by atomic mass is 14.4. The third-order valence-corrected chi connectivity index (χ3v) is 6.22. The lowest BCUT2D eigenvalue weighted by molar-refractivity contribution is 0.501. The minimum absolute atomic E-state index is 0.101. The smallest absolute Gasteiger partial charge is 0.0459 e. The van der Waals surface area contributed by atoms with Gasteiger partial charge in [0.25, 0.3) is 0 Å². The lowest BCUT2D eigenvalue weighted by Crippen LogP contribution is -2.32. The van der Waals surface area contributed by atoms with Gasteiger partial charge < -0.3 is 0 Å². The summed E-state index contributed by atoms with van der Waals surface area (Å²) < 4.78 is 0. The molecule has 3 aromatic carbocycles. The molecule has 0 aliphatic carbocycles. The number of rotatable bonds is 8. The largest absolute Gasteiger partial charge is 0.0654 e. The molecular formula is C28H34. The summed E-state index contributed by atoms with van der Waals surface area (Å²) >= 11 is 0. The molecule has 0 heterocycles. The molecular weight excluding hydrogens is 336 g/mol. The van der Waals surface area contributed by atoms with Gasteiger partial charge in [-0.15, -0.1) is 0 Å². The third kappa shape index (κ3) is 3.92. The Morgan fingerprint density at radius 2 is 0.929 bits per heavy atom. The number of benzene rings is 3. The van der Waals surface area contributed by atoms with Gasteiger partial charge in [0.1, 0.15) is 0 Å². The molecule has 0 aliphatic rings. The maximum Gasteiger partial charge on any atom is 0.0459 e. The first-order valence-corrected chi connectivity index (χ1v) is 10.8. The Hall–Kier alpha value is -2.34. The highest BCUT2D eigenvalue weighted by Crippen LogP contribution is 2.47. The van der Waals surface area contributed by atoms with Crippen LogP contribution in [-0.2, 0) is 5.41 Å². The lowest BCUT2D eigenvalue weighted by Gasteiger charge is -2.39. The van der Waals surface area contributed by atoms with Gasteiger partial charge in [-0.05, 0) is 60.6 Å². The Morgan fingerprint density at radius 3 is 1.29 bits per heavy atom. The van der Waals surface area contributed by atoms with Gasteiger partial charge in [0, 0.05) is 5.41 Å². The van der Waals surface area contributed by atoms with Crippen LogP contribution < -0.4 is 0 Å². The van der Waals surface area contributed by atoms with E-state index in [4.69, 9.17) is 0 Å². The molecule has 0 spiro atoms. The van der Waals surface area contributed by atoms with Crippen molar-refractivity contribution in [2.24, 2.45) is 0 Å². The Labute approximate surface area is 171 Å². The van der Waals surface area contributed by atoms with E-state index in [1.165, 1.54) is 59.1 Å². The fourth-order valence-electron chi connectivity index (χ4n) is 4.81. The second kappa shape index (κ2) is 9.24. The second-order valence-corrected chi connectivity index (χ2v) is 8.16. The van der Waals surface area contributed by atoms with Gasteiger partial charge in [0.15, 0.2) is 0 Å². The van der Waals surface area contributed by atoms with Crippen LogP contribution in [-0.4, -0.2) is 0 Å². The molecule has 0 aliphatic heterocycles. The lowest BCUT2D eigenvalue weighted by atomic mass is 9.63. The first kappa shape index (κ1) is 20.4. The molecule has 0 N–H and O–H groups in total. The molecule has 3 aromatic rings. The van der Waals surface area contributed by atoms with Crippen LogP contribution in [0.3, 0.4) is 0 Å². The molecule has 0 fully saturated rings. The van der Waals surface area contributed by atoms with Crippen molar-refractivity contribution in [2.45, 2.75) is 65.2 Å². The van der Waals surface area contributed by atoms with Crippen molar-refractivity contribution in [2.75, 3.05) is 0 Å². The van der Waals surface area contributed by atoms with Crippen LogP contribution in [0.1, 0.15) is 72.4 Å². The molecule has 3 rings (SSSR count). The maximum absolute atomic E-state index is 2.36. The molecule has 0 nitrogen and oxygen atoms in total. The van der Waals surface area contributed by atoms with E-state index in [9.17, 15) is 0 Å². The zero-order chi connectivity index (χ0) is 20.0. The van der Waals surface area contributed by atoms with Gasteiger partial charge in [-0.1, -0.05) is 105 Å². The predicted octanol–water partition coefficient (Wildman–Crippen LogP) is 7.92. The Balaban J connectivity index is 2.30. The number of hydrogen-bond acceptors (Lipinski definition) is 0. The molecule has 0 bridgehead atoms. The molecule has 0 saturated carbocycles. The number of hydrogen-bond donors (Lipinski definition) is 0. The Bertz CT molecular complexity index is 792. The van der Waals surface area contributed by atoms with Crippen LogP contribution in [0.15, 0.2) is 72.8 Å². The summed E-state index contributed by atoms with van der Waals surface area (Å²) in [5.41, 5.74) is 8.40. The summed E-state index contributed by atoms with van der Waals surface area (Å²) in [6.07, 6.45) is 6.26. The van der Waals surface area contributed by atoms with Gasteiger partial charge in [0.2, 0.25) is 0 Å². The Morgan fingerprint density at radius 1 is 0.536 bits per heavy atom. The van der Waals surface area contributed by atoms with Gasteiger partial charge in [0.05, 0.1) is 0 Å². The number of unbranched alkanes of at least 4 members (excludes halogenated alkanes) is 3. The van der Waals surface area contributed by atoms with Crippen LogP contribution in [0.4, 0.5) is 0 Å². The molecule has 0 atom stereocenters. The zero-order valence-electron chi connectivity index (χ0n) is 18.0. The minimum atomic E-state index is -0.101. The SMILES string of the molecule is CCCCCCC(c1ccccc1C)(c1ccccc1C)c1ccccc1C. The van der Waals surface area contributed by atoms with E-state index in [-0.39, 0.29) is 5.41 Å². The first-order chi connectivity index (χ1) is 13.6. The molecule has 146 valence electrons. The highest BCUT2D eigenvalue weighted by molar-refractivity contribution is 5.56. The molecule has 28 heavy (non-hydrogen) atoms. The summed E-state index contributed by atoms with van der Waals surface area (Å²) in [5, 5.41) is 0. The van der Waals surface area contributed by atoms with Gasteiger partial charge >= 0.3 is 0 Å². The van der Waals surface area contributed by atoms with E-state index in [1.807, 2.05) is 0 Å². The van der Waals surface area contributed by atoms with E-state index in [1.54, 1.807) is 0 Å². The average molecular weight is 371 g/mol. The van der Waals surface area contributed by atoms with Crippen molar-refractivity contribution in [3.63, 3.8) is 0 Å². The van der Waals surface area contributed by atoms with Gasteiger partial charge in [-0.2, -0.15) is 0 Å². The maximum atomic E-state index is 2.36. The van der Waals surface area contributed by atoms with E-state index in [2.05, 4.69) is 100 Å². The minimum Gasteiger partial charge on any atom is -0.0654 e. The molecule has 0 amide bonds. The van der Waals surface area contributed by atoms with Gasteiger partial charge in [-0.25, -0.2) is 0 Å². The monoisotopic (exact) mass is 370 g/mol. The molecule has 0 saturated heterocycles. The fraction of sp³-hybridized carbons (Fsp3) is 0.357. The molecule has 0 unspecified atom stereocenters. The van der Waals surface area contributed by atoms with Crippen LogP contribution in [0.5, 0.6) is 0 Å².